The van der Waals surface area contributed by atoms with Gasteiger partial charge in [0.25, 0.3) is 0 Å². The molecule has 0 unspecified atom stereocenters. The molecule has 0 aliphatic heterocycles. The molecule has 0 aliphatic carbocycles. The first-order valence-corrected chi connectivity index (χ1v) is 8.60. The van der Waals surface area contributed by atoms with Gasteiger partial charge in [-0.2, -0.15) is 0 Å². The minimum Gasteiger partial charge on any atom is -0.463 e. The van der Waals surface area contributed by atoms with E-state index < -0.39 is 11.4 Å². The van der Waals surface area contributed by atoms with Crippen LogP contribution < -0.4 is 10.2 Å². The van der Waals surface area contributed by atoms with Crippen LogP contribution in [-0.2, 0) is 11.4 Å². The molecule has 1 rings (SSSR count). The number of ether oxygens (including phenoxy) is 1. The summed E-state index contributed by atoms with van der Waals surface area (Å²) in [5.74, 6) is -0.395. The minimum atomic E-state index is -0.458. The van der Waals surface area contributed by atoms with E-state index in [0.717, 1.165) is 31.6 Å². The zero-order valence-electron chi connectivity index (χ0n) is 14.0. The molecule has 0 radical (unpaired) electrons. The fraction of sp³-hybridized carbons (Fsp3) is 0.667. The summed E-state index contributed by atoms with van der Waals surface area (Å²) < 4.78 is 9.95. The van der Waals surface area contributed by atoms with Gasteiger partial charge in [-0.3, -0.25) is 9.59 Å². The molecule has 0 aromatic carbocycles. The van der Waals surface area contributed by atoms with Gasteiger partial charge in [0.15, 0.2) is 0 Å². The summed E-state index contributed by atoms with van der Waals surface area (Å²) in [5.41, 5.74) is -0.458. The van der Waals surface area contributed by atoms with Gasteiger partial charge in [-0.05, 0) is 6.42 Å². The highest BCUT2D eigenvalue weighted by molar-refractivity contribution is 5.72. The monoisotopic (exact) mass is 324 g/mol. The van der Waals surface area contributed by atoms with Crippen LogP contribution in [0.4, 0.5) is 0 Å². The second-order valence-electron chi connectivity index (χ2n) is 5.79. The fourth-order valence-corrected chi connectivity index (χ4v) is 2.35. The maximum Gasteiger partial charge on any atom is 0.311 e. The molecule has 0 atom stereocenters. The number of carbonyl (C=O) groups excluding carboxylic acids is 1. The molecule has 23 heavy (non-hydrogen) atoms. The van der Waals surface area contributed by atoms with Crippen molar-refractivity contribution in [1.29, 1.82) is 0 Å². The molecule has 0 amide bonds. The van der Waals surface area contributed by atoms with Gasteiger partial charge in [0.05, 0.1) is 0 Å². The van der Waals surface area contributed by atoms with Crippen LogP contribution in [-0.4, -0.2) is 11.1 Å². The number of carbonyl (C=O) groups is 1. The maximum atomic E-state index is 11.7. The largest absolute Gasteiger partial charge is 0.463 e. The summed E-state index contributed by atoms with van der Waals surface area (Å²) in [4.78, 5) is 23.3. The third kappa shape index (κ3) is 8.55. The maximum absolute atomic E-state index is 11.7. The standard InChI is InChI=1S/C18H28O5/c1-2-3-4-5-6-7-8-9-10-11-18(21)23-17-14-22-15(13-19)12-16(17)20/h12,14,19H,2-11,13H2,1H3. The molecule has 1 N–H and O–H groups in total. The highest BCUT2D eigenvalue weighted by Gasteiger charge is 2.09. The van der Waals surface area contributed by atoms with Crippen molar-refractivity contribution in [2.24, 2.45) is 0 Å². The van der Waals surface area contributed by atoms with E-state index in [9.17, 15) is 9.59 Å². The SMILES string of the molecule is CCCCCCCCCCCC(=O)Oc1coc(CO)cc1=O. The first-order valence-electron chi connectivity index (χ1n) is 8.60. The summed E-state index contributed by atoms with van der Waals surface area (Å²) in [6.07, 6.45) is 12.0. The summed E-state index contributed by atoms with van der Waals surface area (Å²) in [7, 11) is 0. The third-order valence-electron chi connectivity index (χ3n) is 3.72. The van der Waals surface area contributed by atoms with E-state index in [0.29, 0.717) is 6.42 Å². The first kappa shape index (κ1) is 19.4. The molecular formula is C18H28O5. The number of hydrogen-bond donors (Lipinski definition) is 1. The summed E-state index contributed by atoms with van der Waals surface area (Å²) in [6.45, 7) is 1.85. The Balaban J connectivity index is 2.12. The van der Waals surface area contributed by atoms with E-state index in [1.807, 2.05) is 0 Å². The molecule has 130 valence electrons. The fourth-order valence-electron chi connectivity index (χ4n) is 2.35. The van der Waals surface area contributed by atoms with Crippen LogP contribution in [0.15, 0.2) is 21.5 Å². The summed E-state index contributed by atoms with van der Waals surface area (Å²) >= 11 is 0. The van der Waals surface area contributed by atoms with Crippen LogP contribution in [0, 0.1) is 0 Å². The van der Waals surface area contributed by atoms with E-state index in [-0.39, 0.29) is 18.1 Å². The van der Waals surface area contributed by atoms with Crippen LogP contribution >= 0.6 is 0 Å². The van der Waals surface area contributed by atoms with E-state index >= 15 is 0 Å². The third-order valence-corrected chi connectivity index (χ3v) is 3.72. The zero-order valence-corrected chi connectivity index (χ0v) is 14.0. The van der Waals surface area contributed by atoms with Crippen LogP contribution in [0.25, 0.3) is 0 Å². The van der Waals surface area contributed by atoms with Crippen molar-refractivity contribution >= 4 is 5.97 Å². The molecule has 5 nitrogen and oxygen atoms in total. The van der Waals surface area contributed by atoms with Gasteiger partial charge in [0.2, 0.25) is 11.2 Å². The van der Waals surface area contributed by atoms with Crippen molar-refractivity contribution in [3.05, 3.63) is 28.3 Å². The van der Waals surface area contributed by atoms with Crippen molar-refractivity contribution in [2.75, 3.05) is 0 Å². The molecule has 1 aromatic heterocycles. The number of unbranched alkanes of at least 4 members (excludes halogenated alkanes) is 8. The van der Waals surface area contributed by atoms with Gasteiger partial charge in [-0.1, -0.05) is 58.3 Å². The highest BCUT2D eigenvalue weighted by atomic mass is 16.5. The number of esters is 1. The molecule has 0 bridgehead atoms. The Morgan fingerprint density at radius 2 is 1.70 bits per heavy atom. The van der Waals surface area contributed by atoms with Crippen LogP contribution in [0.5, 0.6) is 5.75 Å². The summed E-state index contributed by atoms with van der Waals surface area (Å²) in [6, 6.07) is 1.13. The number of aliphatic hydroxyl groups excluding tert-OH is 1. The minimum absolute atomic E-state index is 0.122. The smallest absolute Gasteiger partial charge is 0.311 e. The van der Waals surface area contributed by atoms with E-state index in [1.54, 1.807) is 0 Å². The van der Waals surface area contributed by atoms with Crippen molar-refractivity contribution < 1.29 is 19.1 Å². The van der Waals surface area contributed by atoms with Crippen LogP contribution in [0.3, 0.4) is 0 Å². The molecule has 0 aliphatic rings. The number of rotatable bonds is 12. The van der Waals surface area contributed by atoms with Crippen molar-refractivity contribution in [3.63, 3.8) is 0 Å². The number of hydrogen-bond acceptors (Lipinski definition) is 5. The molecule has 0 saturated heterocycles. The normalized spacial score (nSPS) is 10.7. The lowest BCUT2D eigenvalue weighted by Crippen LogP contribution is -2.14. The molecule has 1 heterocycles. The lowest BCUT2D eigenvalue weighted by atomic mass is 10.1. The van der Waals surface area contributed by atoms with Gasteiger partial charge in [-0.15, -0.1) is 0 Å². The molecule has 0 spiro atoms. The molecule has 0 saturated carbocycles. The predicted octanol–water partition coefficient (Wildman–Crippen LogP) is 3.96. The van der Waals surface area contributed by atoms with Crippen molar-refractivity contribution in [3.8, 4) is 5.75 Å². The van der Waals surface area contributed by atoms with Crippen molar-refractivity contribution in [2.45, 2.75) is 77.7 Å². The van der Waals surface area contributed by atoms with Gasteiger partial charge in [-0.25, -0.2) is 0 Å². The Labute approximate surface area is 137 Å². The molecule has 5 heteroatoms. The Bertz CT molecular complexity index is 506. The highest BCUT2D eigenvalue weighted by Crippen LogP contribution is 2.12. The lowest BCUT2D eigenvalue weighted by molar-refractivity contribution is -0.134. The second kappa shape index (κ2) is 11.9. The average molecular weight is 324 g/mol. The Kier molecular flexibility index (Phi) is 10.0. The van der Waals surface area contributed by atoms with Gasteiger partial charge in [0.1, 0.15) is 18.6 Å². The van der Waals surface area contributed by atoms with Crippen molar-refractivity contribution in [1.82, 2.24) is 0 Å². The van der Waals surface area contributed by atoms with E-state index in [4.69, 9.17) is 14.3 Å². The quantitative estimate of drug-likeness (QED) is 0.465. The van der Waals surface area contributed by atoms with Gasteiger partial charge < -0.3 is 14.3 Å². The lowest BCUT2D eigenvalue weighted by Gasteiger charge is -2.04. The van der Waals surface area contributed by atoms with Crippen LogP contribution in [0.1, 0.15) is 76.9 Å². The topological polar surface area (TPSA) is 76.7 Å². The average Bonchev–Trinajstić information content (AvgIpc) is 2.55. The molecule has 0 fully saturated rings. The Hall–Kier alpha value is -1.62. The Morgan fingerprint density at radius 3 is 2.26 bits per heavy atom. The van der Waals surface area contributed by atoms with E-state index in [1.165, 1.54) is 38.5 Å². The summed E-state index contributed by atoms with van der Waals surface area (Å²) in [5, 5.41) is 8.84. The van der Waals surface area contributed by atoms with E-state index in [2.05, 4.69) is 6.92 Å². The second-order valence-corrected chi connectivity index (χ2v) is 5.79. The predicted molar refractivity (Wildman–Crippen MR) is 88.4 cm³/mol. The number of aliphatic hydroxyl groups is 1. The van der Waals surface area contributed by atoms with Gasteiger partial charge >= 0.3 is 5.97 Å². The first-order chi connectivity index (χ1) is 11.2. The Morgan fingerprint density at radius 1 is 1.09 bits per heavy atom. The zero-order chi connectivity index (χ0) is 16.9. The van der Waals surface area contributed by atoms with Gasteiger partial charge in [0, 0.05) is 12.5 Å². The molecular weight excluding hydrogens is 296 g/mol. The molecule has 1 aromatic rings. The van der Waals surface area contributed by atoms with Crippen LogP contribution in [0.2, 0.25) is 0 Å².